The van der Waals surface area contributed by atoms with Crippen LogP contribution >= 0.6 is 0 Å². The van der Waals surface area contributed by atoms with Crippen molar-refractivity contribution in [2.24, 2.45) is 0 Å². The van der Waals surface area contributed by atoms with E-state index in [4.69, 9.17) is 14.5 Å². The number of hydrogen-bond acceptors (Lipinski definition) is 6. The molecular weight excluding hydrogens is 399 g/mol. The zero-order chi connectivity index (χ0) is 21.2. The number of nitrogens with zero attached hydrogens (tertiary/aromatic N) is 4. The third-order valence-corrected chi connectivity index (χ3v) is 5.50. The van der Waals surface area contributed by atoms with Gasteiger partial charge < -0.3 is 19.3 Å². The second kappa shape index (κ2) is 8.22. The molecule has 1 fully saturated rings. The zero-order valence-corrected chi connectivity index (χ0v) is 16.8. The molecule has 5 rings (SSSR count). The molecule has 1 amide bonds. The summed E-state index contributed by atoms with van der Waals surface area (Å²) in [5.41, 5.74) is 2.55. The van der Waals surface area contributed by atoms with Crippen LogP contribution in [0.2, 0.25) is 0 Å². The van der Waals surface area contributed by atoms with Crippen molar-refractivity contribution >= 4 is 11.9 Å². The smallest absolute Gasteiger partial charge is 0.231 e. The maximum absolute atomic E-state index is 13.1. The van der Waals surface area contributed by atoms with E-state index in [1.54, 1.807) is 18.3 Å². The first-order valence-corrected chi connectivity index (χ1v) is 10.2. The predicted octanol–water partition coefficient (Wildman–Crippen LogP) is 2.90. The van der Waals surface area contributed by atoms with E-state index in [0.717, 1.165) is 22.6 Å². The normalized spacial score (nSPS) is 15.3. The molecule has 1 aromatic heterocycles. The Balaban J connectivity index is 1.23. The monoisotopic (exact) mass is 420 g/mol. The summed E-state index contributed by atoms with van der Waals surface area (Å²) in [6.45, 7) is 2.73. The number of anilines is 1. The zero-order valence-electron chi connectivity index (χ0n) is 16.8. The van der Waals surface area contributed by atoms with E-state index in [1.807, 2.05) is 29.2 Å². The summed E-state index contributed by atoms with van der Waals surface area (Å²) in [6.07, 6.45) is 2.02. The van der Waals surface area contributed by atoms with Crippen LogP contribution in [0.15, 0.2) is 54.7 Å². The van der Waals surface area contributed by atoms with Crippen LogP contribution in [0.1, 0.15) is 5.56 Å². The fourth-order valence-corrected chi connectivity index (χ4v) is 3.76. The van der Waals surface area contributed by atoms with Crippen LogP contribution in [-0.4, -0.2) is 53.7 Å². The first-order valence-electron chi connectivity index (χ1n) is 10.2. The van der Waals surface area contributed by atoms with Crippen molar-refractivity contribution in [3.63, 3.8) is 0 Å². The Kier molecular flexibility index (Phi) is 5.11. The number of hydrogen-bond donors (Lipinski definition) is 0. The van der Waals surface area contributed by atoms with Gasteiger partial charge in [-0.25, -0.2) is 14.4 Å². The highest BCUT2D eigenvalue weighted by Crippen LogP contribution is 2.35. The van der Waals surface area contributed by atoms with E-state index < -0.39 is 0 Å². The topological polar surface area (TPSA) is 67.8 Å². The van der Waals surface area contributed by atoms with Crippen LogP contribution in [0.25, 0.3) is 11.3 Å². The molecule has 0 aliphatic carbocycles. The predicted molar refractivity (Wildman–Crippen MR) is 112 cm³/mol. The van der Waals surface area contributed by atoms with Gasteiger partial charge in [-0.15, -0.1) is 0 Å². The van der Waals surface area contributed by atoms with Gasteiger partial charge in [0.25, 0.3) is 0 Å². The number of rotatable bonds is 4. The summed E-state index contributed by atoms with van der Waals surface area (Å²) in [5.74, 6) is 1.83. The number of halogens is 1. The molecule has 7 nitrogen and oxygen atoms in total. The molecule has 0 bridgehead atoms. The minimum absolute atomic E-state index is 0.0429. The average molecular weight is 420 g/mol. The Morgan fingerprint density at radius 2 is 1.74 bits per heavy atom. The van der Waals surface area contributed by atoms with Gasteiger partial charge in [-0.05, 0) is 42.0 Å². The van der Waals surface area contributed by atoms with Crippen molar-refractivity contribution in [2.45, 2.75) is 6.42 Å². The van der Waals surface area contributed by atoms with E-state index in [0.29, 0.717) is 37.9 Å². The van der Waals surface area contributed by atoms with Crippen LogP contribution in [-0.2, 0) is 11.2 Å². The van der Waals surface area contributed by atoms with E-state index in [9.17, 15) is 9.18 Å². The molecule has 0 unspecified atom stereocenters. The summed E-state index contributed by atoms with van der Waals surface area (Å²) < 4.78 is 23.9. The molecule has 3 heterocycles. The number of carbonyl (C=O) groups is 1. The molecule has 2 aliphatic rings. The molecule has 0 atom stereocenters. The maximum atomic E-state index is 13.1. The fourth-order valence-electron chi connectivity index (χ4n) is 3.76. The Morgan fingerprint density at radius 3 is 2.55 bits per heavy atom. The fraction of sp³-hybridized carbons (Fsp3) is 0.261. The third-order valence-electron chi connectivity index (χ3n) is 5.50. The van der Waals surface area contributed by atoms with Crippen LogP contribution in [0.4, 0.5) is 10.3 Å². The standard InChI is InChI=1S/C23H21FN4O3/c24-18-4-1-16(2-5-18)13-22(29)27-9-11-28(12-10-27)23-25-8-7-19(26-23)17-3-6-20-21(14-17)31-15-30-20/h1-8,14H,9-13,15H2. The van der Waals surface area contributed by atoms with Gasteiger partial charge in [-0.2, -0.15) is 0 Å². The van der Waals surface area contributed by atoms with E-state index in [2.05, 4.69) is 9.88 Å². The van der Waals surface area contributed by atoms with E-state index in [-0.39, 0.29) is 24.9 Å². The number of carbonyl (C=O) groups excluding carboxylic acids is 1. The number of piperazine rings is 1. The molecule has 2 aromatic carbocycles. The Labute approximate surface area is 179 Å². The van der Waals surface area contributed by atoms with Crippen molar-refractivity contribution in [3.8, 4) is 22.8 Å². The molecule has 1 saturated heterocycles. The lowest BCUT2D eigenvalue weighted by molar-refractivity contribution is -0.130. The van der Waals surface area contributed by atoms with Gasteiger partial charge in [0.15, 0.2) is 11.5 Å². The summed E-state index contributed by atoms with van der Waals surface area (Å²) in [4.78, 5) is 25.6. The highest BCUT2D eigenvalue weighted by atomic mass is 19.1. The SMILES string of the molecule is O=C(Cc1ccc(F)cc1)N1CCN(c2nccc(-c3ccc4c(c3)OCO4)n2)CC1. The van der Waals surface area contributed by atoms with Gasteiger partial charge in [0.2, 0.25) is 18.6 Å². The second-order valence-electron chi connectivity index (χ2n) is 7.48. The molecule has 8 heteroatoms. The van der Waals surface area contributed by atoms with Gasteiger partial charge in [-0.1, -0.05) is 12.1 Å². The highest BCUT2D eigenvalue weighted by Gasteiger charge is 2.23. The first-order chi connectivity index (χ1) is 15.2. The lowest BCUT2D eigenvalue weighted by Crippen LogP contribution is -2.49. The lowest BCUT2D eigenvalue weighted by Gasteiger charge is -2.35. The maximum Gasteiger partial charge on any atom is 0.231 e. The molecular formula is C23H21FN4O3. The molecule has 0 saturated carbocycles. The van der Waals surface area contributed by atoms with Gasteiger partial charge in [0.05, 0.1) is 12.1 Å². The van der Waals surface area contributed by atoms with E-state index >= 15 is 0 Å². The number of benzene rings is 2. The average Bonchev–Trinajstić information content (AvgIpc) is 3.29. The Hall–Kier alpha value is -3.68. The van der Waals surface area contributed by atoms with Gasteiger partial charge in [0, 0.05) is 37.9 Å². The summed E-state index contributed by atoms with van der Waals surface area (Å²) in [5, 5.41) is 0. The lowest BCUT2D eigenvalue weighted by atomic mass is 10.1. The van der Waals surface area contributed by atoms with Crippen molar-refractivity contribution in [1.82, 2.24) is 14.9 Å². The van der Waals surface area contributed by atoms with Crippen molar-refractivity contribution in [2.75, 3.05) is 37.9 Å². The van der Waals surface area contributed by atoms with Crippen molar-refractivity contribution in [1.29, 1.82) is 0 Å². The van der Waals surface area contributed by atoms with Crippen LogP contribution in [0.5, 0.6) is 11.5 Å². The van der Waals surface area contributed by atoms with Crippen molar-refractivity contribution in [3.05, 3.63) is 66.1 Å². The number of ether oxygens (including phenoxy) is 2. The minimum atomic E-state index is -0.298. The Bertz CT molecular complexity index is 1100. The second-order valence-corrected chi connectivity index (χ2v) is 7.48. The molecule has 0 spiro atoms. The van der Waals surface area contributed by atoms with Gasteiger partial charge >= 0.3 is 0 Å². The minimum Gasteiger partial charge on any atom is -0.454 e. The van der Waals surface area contributed by atoms with E-state index in [1.165, 1.54) is 12.1 Å². The van der Waals surface area contributed by atoms with Crippen LogP contribution in [0, 0.1) is 5.82 Å². The Morgan fingerprint density at radius 1 is 0.968 bits per heavy atom. The quantitative estimate of drug-likeness (QED) is 0.647. The highest BCUT2D eigenvalue weighted by molar-refractivity contribution is 5.79. The molecule has 31 heavy (non-hydrogen) atoms. The molecule has 0 N–H and O–H groups in total. The summed E-state index contributed by atoms with van der Waals surface area (Å²) in [7, 11) is 0. The molecule has 0 radical (unpaired) electrons. The number of aromatic nitrogens is 2. The van der Waals surface area contributed by atoms with Crippen LogP contribution in [0.3, 0.4) is 0 Å². The molecule has 158 valence electrons. The van der Waals surface area contributed by atoms with Crippen LogP contribution < -0.4 is 14.4 Å². The summed E-state index contributed by atoms with van der Waals surface area (Å²) in [6, 6.07) is 13.7. The molecule has 2 aliphatic heterocycles. The van der Waals surface area contributed by atoms with Gasteiger partial charge in [0.1, 0.15) is 5.82 Å². The van der Waals surface area contributed by atoms with Crippen molar-refractivity contribution < 1.29 is 18.7 Å². The number of amides is 1. The summed E-state index contributed by atoms with van der Waals surface area (Å²) >= 11 is 0. The largest absolute Gasteiger partial charge is 0.454 e. The molecule has 3 aromatic rings. The third kappa shape index (κ3) is 4.14. The van der Waals surface area contributed by atoms with Gasteiger partial charge in [-0.3, -0.25) is 4.79 Å². The first kappa shape index (κ1) is 19.3. The number of fused-ring (bicyclic) bond motifs is 1.